The second-order valence-corrected chi connectivity index (χ2v) is 9.01. The van der Waals surface area contributed by atoms with E-state index in [1.807, 2.05) is 11.5 Å². The van der Waals surface area contributed by atoms with Crippen molar-refractivity contribution in [2.45, 2.75) is 25.0 Å². The molecule has 1 aromatic heterocycles. The van der Waals surface area contributed by atoms with E-state index in [1.54, 1.807) is 30.3 Å². The minimum absolute atomic E-state index is 0.0500. The molecule has 9 nitrogen and oxygen atoms in total. The van der Waals surface area contributed by atoms with E-state index in [-0.39, 0.29) is 18.3 Å². The third-order valence-electron chi connectivity index (χ3n) is 4.83. The van der Waals surface area contributed by atoms with Crippen molar-refractivity contribution in [3.8, 4) is 11.5 Å². The zero-order valence-electron chi connectivity index (χ0n) is 16.8. The van der Waals surface area contributed by atoms with Gasteiger partial charge in [0.15, 0.2) is 11.5 Å². The third kappa shape index (κ3) is 3.48. The summed E-state index contributed by atoms with van der Waals surface area (Å²) in [6.07, 6.45) is 0. The number of sulfonamides is 1. The Morgan fingerprint density at radius 2 is 1.93 bits per heavy atom. The van der Waals surface area contributed by atoms with Crippen LogP contribution in [0, 0.1) is 0 Å². The lowest BCUT2D eigenvalue weighted by molar-refractivity contribution is 0.0458. The van der Waals surface area contributed by atoms with Crippen molar-refractivity contribution in [1.29, 1.82) is 0 Å². The van der Waals surface area contributed by atoms with Gasteiger partial charge in [0.2, 0.25) is 16.8 Å². The zero-order chi connectivity index (χ0) is 21.5. The van der Waals surface area contributed by atoms with Gasteiger partial charge in [0.1, 0.15) is 12.4 Å². The van der Waals surface area contributed by atoms with E-state index in [4.69, 9.17) is 14.2 Å². The molecule has 0 amide bonds. The van der Waals surface area contributed by atoms with Crippen LogP contribution in [0.4, 0.5) is 0 Å². The van der Waals surface area contributed by atoms with Crippen LogP contribution in [0.25, 0.3) is 11.0 Å². The Balaban J connectivity index is 1.58. The largest absolute Gasteiger partial charge is 0.454 e. The third-order valence-corrected chi connectivity index (χ3v) is 6.65. The van der Waals surface area contributed by atoms with Crippen LogP contribution in [0.3, 0.4) is 0 Å². The Bertz CT molecular complexity index is 1230. The Morgan fingerprint density at radius 3 is 2.67 bits per heavy atom. The minimum Gasteiger partial charge on any atom is -0.454 e. The van der Waals surface area contributed by atoms with E-state index >= 15 is 0 Å². The molecule has 3 aromatic rings. The van der Waals surface area contributed by atoms with Crippen LogP contribution in [-0.2, 0) is 27.9 Å². The Morgan fingerprint density at radius 1 is 1.17 bits per heavy atom. The summed E-state index contributed by atoms with van der Waals surface area (Å²) >= 11 is 0. The molecule has 0 atom stereocenters. The number of rotatable bonds is 6. The van der Waals surface area contributed by atoms with Gasteiger partial charge in [-0.1, -0.05) is 0 Å². The van der Waals surface area contributed by atoms with E-state index in [2.05, 4.69) is 4.98 Å². The fourth-order valence-electron chi connectivity index (χ4n) is 3.23. The number of carbonyl (C=O) groups is 1. The summed E-state index contributed by atoms with van der Waals surface area (Å²) in [6.45, 7) is 2.60. The van der Waals surface area contributed by atoms with Crippen molar-refractivity contribution in [2.24, 2.45) is 0 Å². The lowest BCUT2D eigenvalue weighted by atomic mass is 10.2. The van der Waals surface area contributed by atoms with Crippen LogP contribution in [0.15, 0.2) is 41.3 Å². The van der Waals surface area contributed by atoms with Crippen LogP contribution >= 0.6 is 0 Å². The van der Waals surface area contributed by atoms with Crippen LogP contribution in [-0.4, -0.2) is 49.1 Å². The molecule has 2 aromatic carbocycles. The average molecular weight is 431 g/mol. The van der Waals surface area contributed by atoms with Gasteiger partial charge in [-0.25, -0.2) is 22.5 Å². The van der Waals surface area contributed by atoms with Gasteiger partial charge < -0.3 is 18.8 Å². The van der Waals surface area contributed by atoms with Gasteiger partial charge in [0, 0.05) is 20.6 Å². The number of benzene rings is 2. The Labute approximate surface area is 173 Å². The summed E-state index contributed by atoms with van der Waals surface area (Å²) in [5, 5.41) is 0. The van der Waals surface area contributed by atoms with Crippen molar-refractivity contribution in [3.63, 3.8) is 0 Å². The molecule has 1 aliphatic rings. The predicted molar refractivity (Wildman–Crippen MR) is 108 cm³/mol. The van der Waals surface area contributed by atoms with Crippen molar-refractivity contribution >= 4 is 27.0 Å². The molecule has 158 valence electrons. The fraction of sp³-hybridized carbons (Fsp3) is 0.300. The highest BCUT2D eigenvalue weighted by Gasteiger charge is 2.21. The molecule has 0 radical (unpaired) electrons. The number of imidazole rings is 1. The molecule has 0 saturated carbocycles. The first kappa shape index (κ1) is 20.2. The molecule has 4 rings (SSSR count). The van der Waals surface area contributed by atoms with Gasteiger partial charge in [0.25, 0.3) is 0 Å². The number of hydrogen-bond acceptors (Lipinski definition) is 7. The molecule has 2 heterocycles. The molecule has 0 bridgehead atoms. The monoisotopic (exact) mass is 431 g/mol. The molecule has 0 fully saturated rings. The molecule has 0 unspecified atom stereocenters. The first-order valence-corrected chi connectivity index (χ1v) is 10.7. The van der Waals surface area contributed by atoms with Crippen molar-refractivity contribution in [2.75, 3.05) is 20.9 Å². The highest BCUT2D eigenvalue weighted by atomic mass is 32.2. The van der Waals surface area contributed by atoms with Gasteiger partial charge in [-0.15, -0.1) is 0 Å². The van der Waals surface area contributed by atoms with Gasteiger partial charge in [0.05, 0.1) is 21.5 Å². The SMILES string of the molecule is CCn1c(COC(=O)c2ccc3c(c2)OCO3)nc2cc(S(=O)(=O)N(C)C)ccc21. The predicted octanol–water partition coefficient (Wildman–Crippen LogP) is 2.39. The van der Waals surface area contributed by atoms with E-state index in [1.165, 1.54) is 20.2 Å². The second-order valence-electron chi connectivity index (χ2n) is 6.85. The maximum absolute atomic E-state index is 12.5. The molecular weight excluding hydrogens is 410 g/mol. The number of hydrogen-bond donors (Lipinski definition) is 0. The molecule has 0 saturated heterocycles. The number of fused-ring (bicyclic) bond motifs is 2. The van der Waals surface area contributed by atoms with Crippen LogP contribution in [0.5, 0.6) is 11.5 Å². The van der Waals surface area contributed by atoms with Gasteiger partial charge >= 0.3 is 5.97 Å². The van der Waals surface area contributed by atoms with E-state index in [9.17, 15) is 13.2 Å². The Hall–Kier alpha value is -3.11. The van der Waals surface area contributed by atoms with Crippen molar-refractivity contribution in [3.05, 3.63) is 47.8 Å². The summed E-state index contributed by atoms with van der Waals surface area (Å²) in [5.41, 5.74) is 1.64. The Kier molecular flexibility index (Phi) is 5.12. The zero-order valence-corrected chi connectivity index (χ0v) is 17.6. The first-order valence-electron chi connectivity index (χ1n) is 9.29. The smallest absolute Gasteiger partial charge is 0.338 e. The van der Waals surface area contributed by atoms with Crippen molar-refractivity contribution < 1.29 is 27.4 Å². The standard InChI is InChI=1S/C20H21N3O6S/c1-4-23-16-7-6-14(30(25,26)22(2)3)10-15(16)21-19(23)11-27-20(24)13-5-8-17-18(9-13)29-12-28-17/h5-10H,4,11-12H2,1-3H3. The van der Waals surface area contributed by atoms with Gasteiger partial charge in [-0.3, -0.25) is 0 Å². The molecule has 0 N–H and O–H groups in total. The number of esters is 1. The number of carbonyl (C=O) groups excluding carboxylic acids is 1. The lowest BCUT2D eigenvalue weighted by Crippen LogP contribution is -2.22. The summed E-state index contributed by atoms with van der Waals surface area (Å²) in [5.74, 6) is 1.10. The number of aromatic nitrogens is 2. The van der Waals surface area contributed by atoms with Crippen LogP contribution in [0.2, 0.25) is 0 Å². The summed E-state index contributed by atoms with van der Waals surface area (Å²) in [4.78, 5) is 17.1. The number of nitrogens with zero attached hydrogens (tertiary/aromatic N) is 3. The molecule has 0 aliphatic carbocycles. The van der Waals surface area contributed by atoms with E-state index in [0.29, 0.717) is 34.9 Å². The highest BCUT2D eigenvalue weighted by molar-refractivity contribution is 7.89. The quantitative estimate of drug-likeness (QED) is 0.553. The molecule has 1 aliphatic heterocycles. The van der Waals surface area contributed by atoms with Crippen LogP contribution < -0.4 is 9.47 Å². The van der Waals surface area contributed by atoms with Crippen LogP contribution in [0.1, 0.15) is 23.1 Å². The summed E-state index contributed by atoms with van der Waals surface area (Å²) in [7, 11) is -0.614. The lowest BCUT2D eigenvalue weighted by Gasteiger charge is -2.11. The number of aryl methyl sites for hydroxylation is 1. The maximum atomic E-state index is 12.5. The number of ether oxygens (including phenoxy) is 3. The van der Waals surface area contributed by atoms with Gasteiger partial charge in [-0.2, -0.15) is 0 Å². The molecular formula is C20H21N3O6S. The molecule has 0 spiro atoms. The normalized spacial score (nSPS) is 13.2. The summed E-state index contributed by atoms with van der Waals surface area (Å²) in [6, 6.07) is 9.63. The molecule has 10 heteroatoms. The van der Waals surface area contributed by atoms with E-state index in [0.717, 1.165) is 9.82 Å². The fourth-order valence-corrected chi connectivity index (χ4v) is 4.15. The summed E-state index contributed by atoms with van der Waals surface area (Å²) < 4.78 is 43.8. The topological polar surface area (TPSA) is 100.0 Å². The maximum Gasteiger partial charge on any atom is 0.338 e. The highest BCUT2D eigenvalue weighted by Crippen LogP contribution is 2.32. The minimum atomic E-state index is -3.57. The average Bonchev–Trinajstić information content (AvgIpc) is 3.34. The first-order chi connectivity index (χ1) is 14.3. The van der Waals surface area contributed by atoms with E-state index < -0.39 is 16.0 Å². The van der Waals surface area contributed by atoms with Crippen molar-refractivity contribution in [1.82, 2.24) is 13.9 Å². The molecule has 30 heavy (non-hydrogen) atoms. The van der Waals surface area contributed by atoms with Gasteiger partial charge in [-0.05, 0) is 43.3 Å². The second kappa shape index (κ2) is 7.62.